The largest absolute Gasteiger partial charge is 0.420 e. The molecule has 1 fully saturated rings. The molecule has 1 aromatic heterocycles. The molecule has 0 unspecified atom stereocenters. The Morgan fingerprint density at radius 2 is 1.57 bits per heavy atom. The van der Waals surface area contributed by atoms with Gasteiger partial charge in [-0.3, -0.25) is 9.36 Å². The minimum absolute atomic E-state index is 0.00106. The van der Waals surface area contributed by atoms with E-state index in [1.165, 1.54) is 10.9 Å². The summed E-state index contributed by atoms with van der Waals surface area (Å²) < 4.78 is 126. The number of hydrogen-bond acceptors (Lipinski definition) is 11. The summed E-state index contributed by atoms with van der Waals surface area (Å²) >= 11 is 0. The summed E-state index contributed by atoms with van der Waals surface area (Å²) in [6, 6.07) is 0. The van der Waals surface area contributed by atoms with E-state index in [9.17, 15) is 55.4 Å². The molecule has 5 N–H and O–H groups in total. The van der Waals surface area contributed by atoms with Gasteiger partial charge in [-0.1, -0.05) is 5.21 Å². The lowest BCUT2D eigenvalue weighted by Crippen LogP contribution is -2.59. The first-order valence-electron chi connectivity index (χ1n) is 12.4. The third kappa shape index (κ3) is 8.49. The van der Waals surface area contributed by atoms with Crippen molar-refractivity contribution < 1.29 is 84.1 Å². The average Bonchev–Trinajstić information content (AvgIpc) is 3.40. The first kappa shape index (κ1) is 35.7. The van der Waals surface area contributed by atoms with E-state index in [1.54, 1.807) is 0 Å². The van der Waals surface area contributed by atoms with Gasteiger partial charge in [0, 0.05) is 12.6 Å². The van der Waals surface area contributed by atoms with Crippen molar-refractivity contribution in [2.45, 2.75) is 62.2 Å². The van der Waals surface area contributed by atoms with Crippen LogP contribution in [-0.4, -0.2) is 102 Å². The summed E-state index contributed by atoms with van der Waals surface area (Å²) in [7, 11) is -5.93. The molecule has 22 heteroatoms. The summed E-state index contributed by atoms with van der Waals surface area (Å²) in [5.41, 5.74) is -4.30. The summed E-state index contributed by atoms with van der Waals surface area (Å²) in [6.07, 6.45) is -10.7. The van der Waals surface area contributed by atoms with Gasteiger partial charge in [0.1, 0.15) is 18.3 Å². The molecule has 14 nitrogen and oxygen atoms in total. The molecule has 5 atom stereocenters. The van der Waals surface area contributed by atoms with E-state index in [0.717, 1.165) is 0 Å². The third-order valence-electron chi connectivity index (χ3n) is 6.07. The Morgan fingerprint density at radius 1 is 0.955 bits per heavy atom. The van der Waals surface area contributed by atoms with Gasteiger partial charge in [0.2, 0.25) is 34.8 Å². The number of aliphatic hydroxyl groups excluding tert-OH is 3. The van der Waals surface area contributed by atoms with Gasteiger partial charge in [0.05, 0.1) is 51.0 Å². The van der Waals surface area contributed by atoms with Crippen LogP contribution in [0.25, 0.3) is 0 Å². The van der Waals surface area contributed by atoms with Crippen LogP contribution in [0.1, 0.15) is 18.5 Å². The van der Waals surface area contributed by atoms with Gasteiger partial charge in [-0.2, -0.15) is 17.6 Å². The van der Waals surface area contributed by atoms with E-state index in [4.69, 9.17) is 24.0 Å². The predicted octanol–water partition coefficient (Wildman–Crippen LogP) is 0.513. The molecule has 0 radical (unpaired) electrons. The molecule has 1 aliphatic heterocycles. The Balaban J connectivity index is 1.40. The van der Waals surface area contributed by atoms with Crippen LogP contribution in [0, 0.1) is 29.1 Å². The highest BCUT2D eigenvalue weighted by Gasteiger charge is 2.54. The van der Waals surface area contributed by atoms with Crippen molar-refractivity contribution in [3.05, 3.63) is 41.0 Å². The zero-order chi connectivity index (χ0) is 33.0. The average molecular weight is 671 g/mol. The zero-order valence-corrected chi connectivity index (χ0v) is 22.9. The number of halogens is 7. The maximum absolute atomic E-state index is 13.8. The lowest BCUT2D eigenvalue weighted by Gasteiger charge is -2.41. The number of aromatic nitrogens is 3. The van der Waals surface area contributed by atoms with Crippen LogP contribution in [0.3, 0.4) is 0 Å². The Kier molecular flexibility index (Phi) is 11.8. The Labute approximate surface area is 242 Å². The van der Waals surface area contributed by atoms with Crippen molar-refractivity contribution in [3.63, 3.8) is 0 Å². The number of nitrogens with zero attached hydrogens (tertiary/aromatic N) is 3. The first-order chi connectivity index (χ1) is 20.4. The van der Waals surface area contributed by atoms with Crippen molar-refractivity contribution in [2.24, 2.45) is 0 Å². The van der Waals surface area contributed by atoms with Crippen molar-refractivity contribution >= 4 is 13.6 Å². The Hall–Kier alpha value is -2.75. The molecule has 3 rings (SSSR count). The Morgan fingerprint density at radius 3 is 2.18 bits per heavy atom. The van der Waals surface area contributed by atoms with Crippen molar-refractivity contribution in [1.82, 2.24) is 15.0 Å². The molecule has 2 heterocycles. The second-order valence-electron chi connectivity index (χ2n) is 9.26. The van der Waals surface area contributed by atoms with Crippen molar-refractivity contribution in [2.75, 3.05) is 19.8 Å². The topological polar surface area (TPSA) is 203 Å². The molecular formula is C22H25F7N3O11P. The van der Waals surface area contributed by atoms with Crippen LogP contribution in [0.15, 0.2) is 6.20 Å². The number of benzene rings is 1. The van der Waals surface area contributed by atoms with E-state index in [1.807, 2.05) is 0 Å². The fourth-order valence-electron chi connectivity index (χ4n) is 3.68. The predicted molar refractivity (Wildman–Crippen MR) is 125 cm³/mol. The lowest BCUT2D eigenvalue weighted by molar-refractivity contribution is -0.301. The van der Waals surface area contributed by atoms with Crippen LogP contribution in [0.4, 0.5) is 30.7 Å². The highest BCUT2D eigenvalue weighted by Crippen LogP contribution is 2.56. The normalized spacial score (nSPS) is 22.8. The molecule has 1 aliphatic rings. The molecule has 44 heavy (non-hydrogen) atoms. The number of carbonyl (C=O) groups is 1. The van der Waals surface area contributed by atoms with Crippen molar-refractivity contribution in [3.8, 4) is 5.75 Å². The maximum Gasteiger partial charge on any atom is 0.394 e. The van der Waals surface area contributed by atoms with Gasteiger partial charge in [-0.15, -0.1) is 5.10 Å². The second kappa shape index (κ2) is 14.6. The lowest BCUT2D eigenvalue weighted by atomic mass is 9.97. The number of esters is 1. The third-order valence-corrected chi connectivity index (χ3v) is 7.10. The van der Waals surface area contributed by atoms with Crippen LogP contribution in [0.2, 0.25) is 0 Å². The van der Waals surface area contributed by atoms with Crippen LogP contribution in [-0.2, 0) is 36.5 Å². The molecule has 0 saturated carbocycles. The van der Waals surface area contributed by atoms with Gasteiger partial charge in [0.25, 0.3) is 0 Å². The minimum atomic E-state index is -5.93. The fraction of sp³-hybridized carbons (Fsp3) is 0.591. The summed E-state index contributed by atoms with van der Waals surface area (Å²) in [5, 5.41) is 37.5. The number of carbonyl (C=O) groups excluding carboxylic acids is 1. The van der Waals surface area contributed by atoms with Gasteiger partial charge in [0.15, 0.2) is 6.29 Å². The molecule has 1 saturated heterocycles. The van der Waals surface area contributed by atoms with E-state index >= 15 is 0 Å². The summed E-state index contributed by atoms with van der Waals surface area (Å²) in [5.74, 6) is -14.7. The van der Waals surface area contributed by atoms with E-state index in [2.05, 4.69) is 15.0 Å². The molecule has 2 aromatic rings. The number of hydrogen-bond donors (Lipinski definition) is 5. The van der Waals surface area contributed by atoms with E-state index < -0.39 is 97.6 Å². The number of aliphatic hydroxyl groups is 3. The maximum atomic E-state index is 13.8. The molecule has 1 aromatic carbocycles. The molecule has 0 amide bonds. The van der Waals surface area contributed by atoms with E-state index in [0.29, 0.717) is 5.69 Å². The molecule has 0 aliphatic carbocycles. The quantitative estimate of drug-likeness (QED) is 0.0354. The monoisotopic (exact) mass is 671 g/mol. The SMILES string of the molecule is O=C(CCOCCn1cc(CCO[C@H]2O[C@H](CC(F)(F)P(=O)(O)O)[C@@H](O)[C@H](O)[C@@H]2O)nn1)Oc1c(F)c(F)c(F)c(F)c1F. The molecule has 0 bridgehead atoms. The van der Waals surface area contributed by atoms with Gasteiger partial charge >= 0.3 is 19.2 Å². The van der Waals surface area contributed by atoms with Gasteiger partial charge in [-0.25, -0.2) is 17.9 Å². The van der Waals surface area contributed by atoms with E-state index in [-0.39, 0.29) is 32.8 Å². The van der Waals surface area contributed by atoms with Gasteiger partial charge in [-0.05, 0) is 0 Å². The first-order valence-corrected chi connectivity index (χ1v) is 14.0. The highest BCUT2D eigenvalue weighted by atomic mass is 31.2. The minimum Gasteiger partial charge on any atom is -0.420 e. The molecule has 248 valence electrons. The standard InChI is InChI=1S/C22H25F7N3O11P/c23-12-13(24)15(26)20(16(27)14(12)25)43-11(33)2-4-40-6-3-32-8-9(30-31-32)1-5-41-21-19(36)18(35)17(34)10(42-21)7-22(28,29)44(37,38)39/h8,10,17-19,21,34-36H,1-7H2,(H2,37,38,39)/t10-,17-,18+,19+,21+/m1/s1. The Bertz CT molecular complexity index is 1340. The number of rotatable bonds is 14. The highest BCUT2D eigenvalue weighted by molar-refractivity contribution is 7.53. The molecular weight excluding hydrogens is 646 g/mol. The summed E-state index contributed by atoms with van der Waals surface area (Å²) in [4.78, 5) is 29.3. The second-order valence-corrected chi connectivity index (χ2v) is 11.0. The molecule has 0 spiro atoms. The van der Waals surface area contributed by atoms with Crippen molar-refractivity contribution in [1.29, 1.82) is 0 Å². The fourth-order valence-corrected chi connectivity index (χ4v) is 4.10. The van der Waals surface area contributed by atoms with Crippen LogP contribution in [0.5, 0.6) is 5.75 Å². The van der Waals surface area contributed by atoms with Gasteiger partial charge < -0.3 is 44.1 Å². The van der Waals surface area contributed by atoms with Crippen LogP contribution >= 0.6 is 7.60 Å². The number of alkyl halides is 2. The van der Waals surface area contributed by atoms with Crippen LogP contribution < -0.4 is 4.74 Å². The summed E-state index contributed by atoms with van der Waals surface area (Å²) in [6.45, 7) is -0.677. The zero-order valence-electron chi connectivity index (χ0n) is 22.0. The number of ether oxygens (including phenoxy) is 4. The smallest absolute Gasteiger partial charge is 0.394 e.